The summed E-state index contributed by atoms with van der Waals surface area (Å²) in [5, 5.41) is 2.47. The zero-order valence-corrected chi connectivity index (χ0v) is 11.2. The van der Waals surface area contributed by atoms with Gasteiger partial charge >= 0.3 is 6.18 Å². The number of benzene rings is 2. The first-order valence-corrected chi connectivity index (χ1v) is 6.20. The summed E-state index contributed by atoms with van der Waals surface area (Å²) in [6.45, 7) is -0.169. The van der Waals surface area contributed by atoms with Gasteiger partial charge in [0.2, 0.25) is 0 Å². The van der Waals surface area contributed by atoms with Gasteiger partial charge in [0, 0.05) is 6.54 Å². The van der Waals surface area contributed by atoms with Crippen molar-refractivity contribution in [3.05, 3.63) is 64.2 Å². The van der Waals surface area contributed by atoms with E-state index in [0.717, 1.165) is 12.1 Å². The molecule has 2 aromatic carbocycles. The van der Waals surface area contributed by atoms with E-state index in [-0.39, 0.29) is 22.8 Å². The van der Waals surface area contributed by atoms with Gasteiger partial charge in [-0.3, -0.25) is 0 Å². The normalized spacial score (nSPS) is 11.5. The minimum absolute atomic E-state index is 0.0281. The predicted molar refractivity (Wildman–Crippen MR) is 70.1 cm³/mol. The molecular formula is C14H9ClF5N. The van der Waals surface area contributed by atoms with Gasteiger partial charge in [0.15, 0.2) is 5.82 Å². The van der Waals surface area contributed by atoms with Crippen LogP contribution in [0.2, 0.25) is 5.02 Å². The maximum absolute atomic E-state index is 13.6. The van der Waals surface area contributed by atoms with Gasteiger partial charge in [-0.25, -0.2) is 8.78 Å². The third-order valence-electron chi connectivity index (χ3n) is 2.72. The van der Waals surface area contributed by atoms with Crippen LogP contribution in [-0.4, -0.2) is 0 Å². The molecule has 7 heteroatoms. The molecule has 112 valence electrons. The van der Waals surface area contributed by atoms with Crippen LogP contribution in [0.1, 0.15) is 11.1 Å². The lowest BCUT2D eigenvalue weighted by Gasteiger charge is -2.11. The molecule has 1 nitrogen and oxygen atoms in total. The van der Waals surface area contributed by atoms with Crippen LogP contribution in [0.3, 0.4) is 0 Å². The van der Waals surface area contributed by atoms with E-state index in [4.69, 9.17) is 11.6 Å². The smallest absolute Gasteiger partial charge is 0.379 e. The van der Waals surface area contributed by atoms with E-state index in [0.29, 0.717) is 6.07 Å². The second-order valence-corrected chi connectivity index (χ2v) is 4.71. The number of anilines is 1. The van der Waals surface area contributed by atoms with Crippen LogP contribution >= 0.6 is 11.6 Å². The van der Waals surface area contributed by atoms with Gasteiger partial charge in [0.1, 0.15) is 5.82 Å². The number of rotatable bonds is 3. The molecule has 0 amide bonds. The van der Waals surface area contributed by atoms with Gasteiger partial charge in [0.05, 0.1) is 16.3 Å². The first-order chi connectivity index (χ1) is 9.77. The summed E-state index contributed by atoms with van der Waals surface area (Å²) >= 11 is 5.58. The molecule has 0 atom stereocenters. The van der Waals surface area contributed by atoms with Crippen molar-refractivity contribution in [3.63, 3.8) is 0 Å². The van der Waals surface area contributed by atoms with E-state index < -0.39 is 23.4 Å². The van der Waals surface area contributed by atoms with Gasteiger partial charge in [-0.2, -0.15) is 13.2 Å². The Morgan fingerprint density at radius 3 is 2.43 bits per heavy atom. The lowest BCUT2D eigenvalue weighted by atomic mass is 10.1. The highest BCUT2D eigenvalue weighted by Crippen LogP contribution is 2.30. The standard InChI is InChI=1S/C14H9ClF5N/c15-11-2-1-3-12(13(11)17)21-7-8-4-9(14(18,19)20)6-10(16)5-8/h1-6,21H,7H2. The van der Waals surface area contributed by atoms with Gasteiger partial charge < -0.3 is 5.32 Å². The highest BCUT2D eigenvalue weighted by Gasteiger charge is 2.31. The van der Waals surface area contributed by atoms with Crippen LogP contribution in [0.5, 0.6) is 0 Å². The van der Waals surface area contributed by atoms with Crippen molar-refractivity contribution in [2.45, 2.75) is 12.7 Å². The van der Waals surface area contributed by atoms with Gasteiger partial charge in [-0.15, -0.1) is 0 Å². The van der Waals surface area contributed by atoms with Crippen LogP contribution in [-0.2, 0) is 12.7 Å². The van der Waals surface area contributed by atoms with E-state index in [2.05, 4.69) is 5.32 Å². The van der Waals surface area contributed by atoms with E-state index in [1.807, 2.05) is 0 Å². The number of nitrogens with one attached hydrogen (secondary N) is 1. The average molecular weight is 322 g/mol. The van der Waals surface area contributed by atoms with Crippen molar-refractivity contribution in [2.75, 3.05) is 5.32 Å². The molecule has 0 unspecified atom stereocenters. The number of hydrogen-bond acceptors (Lipinski definition) is 1. The maximum atomic E-state index is 13.6. The Kier molecular flexibility index (Phi) is 4.37. The number of halogens is 6. The van der Waals surface area contributed by atoms with Crippen molar-refractivity contribution < 1.29 is 22.0 Å². The molecule has 0 aliphatic rings. The summed E-state index contributed by atoms with van der Waals surface area (Å²) < 4.78 is 64.5. The fourth-order valence-electron chi connectivity index (χ4n) is 1.75. The molecule has 0 aliphatic carbocycles. The molecule has 0 fully saturated rings. The zero-order chi connectivity index (χ0) is 15.6. The van der Waals surface area contributed by atoms with Crippen LogP contribution < -0.4 is 5.32 Å². The maximum Gasteiger partial charge on any atom is 0.416 e. The molecule has 0 aliphatic heterocycles. The second kappa shape index (κ2) is 5.89. The van der Waals surface area contributed by atoms with Crippen molar-refractivity contribution in [1.82, 2.24) is 0 Å². The zero-order valence-electron chi connectivity index (χ0n) is 10.4. The largest absolute Gasteiger partial charge is 0.416 e. The first-order valence-electron chi connectivity index (χ1n) is 5.82. The molecule has 0 saturated heterocycles. The number of alkyl halides is 3. The Labute approximate surface area is 122 Å². The Hall–Kier alpha value is -1.82. The second-order valence-electron chi connectivity index (χ2n) is 4.30. The molecular weight excluding hydrogens is 313 g/mol. The molecule has 0 aromatic heterocycles. The molecule has 0 spiro atoms. The first kappa shape index (κ1) is 15.6. The topological polar surface area (TPSA) is 12.0 Å². The minimum atomic E-state index is -4.64. The predicted octanol–water partition coefficient (Wildman–Crippen LogP) is 5.25. The van der Waals surface area contributed by atoms with Crippen molar-refractivity contribution >= 4 is 17.3 Å². The highest BCUT2D eigenvalue weighted by atomic mass is 35.5. The van der Waals surface area contributed by atoms with Crippen molar-refractivity contribution in [2.24, 2.45) is 0 Å². The van der Waals surface area contributed by atoms with E-state index in [1.54, 1.807) is 0 Å². The number of hydrogen-bond donors (Lipinski definition) is 1. The summed E-state index contributed by atoms with van der Waals surface area (Å²) in [6.07, 6.45) is -4.64. The van der Waals surface area contributed by atoms with Gasteiger partial charge in [-0.05, 0) is 35.9 Å². The highest BCUT2D eigenvalue weighted by molar-refractivity contribution is 6.31. The summed E-state index contributed by atoms with van der Waals surface area (Å²) in [5.74, 6) is -1.72. The Bertz CT molecular complexity index is 654. The van der Waals surface area contributed by atoms with E-state index >= 15 is 0 Å². The quantitative estimate of drug-likeness (QED) is 0.761. The Morgan fingerprint density at radius 2 is 1.76 bits per heavy atom. The van der Waals surface area contributed by atoms with Crippen LogP contribution in [0.4, 0.5) is 27.6 Å². The summed E-state index contributed by atoms with van der Waals surface area (Å²) in [7, 11) is 0. The molecule has 21 heavy (non-hydrogen) atoms. The Balaban J connectivity index is 2.21. The van der Waals surface area contributed by atoms with E-state index in [9.17, 15) is 22.0 Å². The molecule has 1 N–H and O–H groups in total. The molecule has 2 rings (SSSR count). The molecule has 0 radical (unpaired) electrons. The fraction of sp³-hybridized carbons (Fsp3) is 0.143. The van der Waals surface area contributed by atoms with E-state index in [1.165, 1.54) is 18.2 Å². The summed E-state index contributed by atoms with van der Waals surface area (Å²) in [5.41, 5.74) is -1.02. The monoisotopic (exact) mass is 321 g/mol. The Morgan fingerprint density at radius 1 is 1.05 bits per heavy atom. The fourth-order valence-corrected chi connectivity index (χ4v) is 1.93. The summed E-state index contributed by atoms with van der Waals surface area (Å²) in [4.78, 5) is 0. The van der Waals surface area contributed by atoms with Gasteiger partial charge in [0.25, 0.3) is 0 Å². The average Bonchev–Trinajstić information content (AvgIpc) is 2.39. The van der Waals surface area contributed by atoms with Gasteiger partial charge in [-0.1, -0.05) is 17.7 Å². The molecule has 2 aromatic rings. The van der Waals surface area contributed by atoms with Crippen LogP contribution in [0.15, 0.2) is 36.4 Å². The third kappa shape index (κ3) is 3.85. The van der Waals surface area contributed by atoms with Crippen molar-refractivity contribution in [3.8, 4) is 0 Å². The van der Waals surface area contributed by atoms with Crippen LogP contribution in [0, 0.1) is 11.6 Å². The molecule has 0 bridgehead atoms. The SMILES string of the molecule is Fc1cc(CNc2cccc(Cl)c2F)cc(C(F)(F)F)c1. The van der Waals surface area contributed by atoms with Crippen molar-refractivity contribution in [1.29, 1.82) is 0 Å². The molecule has 0 heterocycles. The third-order valence-corrected chi connectivity index (χ3v) is 3.01. The summed E-state index contributed by atoms with van der Waals surface area (Å²) in [6, 6.07) is 6.37. The lowest BCUT2D eigenvalue weighted by molar-refractivity contribution is -0.137. The van der Waals surface area contributed by atoms with Crippen LogP contribution in [0.25, 0.3) is 0 Å². The molecule has 0 saturated carbocycles. The lowest BCUT2D eigenvalue weighted by Crippen LogP contribution is -2.08. The minimum Gasteiger partial charge on any atom is -0.379 e.